The number of nitrogens with zero attached hydrogens (tertiary/aromatic N) is 1. The van der Waals surface area contributed by atoms with Gasteiger partial charge in [-0.2, -0.15) is 0 Å². The first-order chi connectivity index (χ1) is 11.6. The van der Waals surface area contributed by atoms with Crippen molar-refractivity contribution in [1.82, 2.24) is 4.98 Å². The Labute approximate surface area is 137 Å². The van der Waals surface area contributed by atoms with Crippen molar-refractivity contribution in [3.8, 4) is 5.75 Å². The minimum atomic E-state index is -0.515. The maximum absolute atomic E-state index is 13.9. The maximum atomic E-state index is 13.9. The van der Waals surface area contributed by atoms with Gasteiger partial charge in [-0.25, -0.2) is 4.39 Å². The van der Waals surface area contributed by atoms with E-state index in [0.717, 1.165) is 5.39 Å². The van der Waals surface area contributed by atoms with E-state index in [1.807, 2.05) is 12.1 Å². The highest BCUT2D eigenvalue weighted by Crippen LogP contribution is 2.31. The van der Waals surface area contributed by atoms with Crippen LogP contribution in [0.2, 0.25) is 0 Å². The molecule has 0 bridgehead atoms. The number of phenolic OH excluding ortho intramolecular Hbond substituents is 1. The molecule has 0 unspecified atom stereocenters. The Balaban J connectivity index is 2.03. The first-order valence-electron chi connectivity index (χ1n) is 7.45. The fraction of sp³-hybridized carbons (Fsp3) is 0. The number of benzene rings is 3. The lowest BCUT2D eigenvalue weighted by molar-refractivity contribution is 0.103. The molecular formula is C20H12FNO2. The van der Waals surface area contributed by atoms with Gasteiger partial charge >= 0.3 is 0 Å². The largest absolute Gasteiger partial charge is 0.507 e. The van der Waals surface area contributed by atoms with Crippen LogP contribution in [0.4, 0.5) is 4.39 Å². The second-order valence-electron chi connectivity index (χ2n) is 5.54. The van der Waals surface area contributed by atoms with Crippen LogP contribution < -0.4 is 0 Å². The van der Waals surface area contributed by atoms with Crippen LogP contribution in [0.15, 0.2) is 66.9 Å². The summed E-state index contributed by atoms with van der Waals surface area (Å²) in [5, 5.41) is 12.2. The summed E-state index contributed by atoms with van der Waals surface area (Å²) in [6.07, 6.45) is 1.56. The predicted octanol–water partition coefficient (Wildman–Crippen LogP) is 4.46. The van der Waals surface area contributed by atoms with Crippen molar-refractivity contribution in [3.05, 3.63) is 83.8 Å². The van der Waals surface area contributed by atoms with Gasteiger partial charge in [-0.15, -0.1) is 0 Å². The van der Waals surface area contributed by atoms with Crippen molar-refractivity contribution >= 4 is 27.5 Å². The van der Waals surface area contributed by atoms with E-state index in [2.05, 4.69) is 4.98 Å². The summed E-state index contributed by atoms with van der Waals surface area (Å²) in [4.78, 5) is 17.3. The summed E-state index contributed by atoms with van der Waals surface area (Å²) in [5.41, 5.74) is 0.708. The van der Waals surface area contributed by atoms with Gasteiger partial charge in [-0.05, 0) is 35.0 Å². The Morgan fingerprint density at radius 1 is 0.958 bits per heavy atom. The third-order valence-electron chi connectivity index (χ3n) is 4.05. The monoisotopic (exact) mass is 317 g/mol. The summed E-state index contributed by atoms with van der Waals surface area (Å²) in [5.74, 6) is -1.10. The minimum absolute atomic E-state index is 0.132. The van der Waals surface area contributed by atoms with E-state index in [9.17, 15) is 14.3 Å². The van der Waals surface area contributed by atoms with E-state index >= 15 is 0 Å². The lowest BCUT2D eigenvalue weighted by Crippen LogP contribution is -2.05. The summed E-state index contributed by atoms with van der Waals surface area (Å²) in [6.45, 7) is 0. The zero-order valence-corrected chi connectivity index (χ0v) is 12.5. The number of fused-ring (bicyclic) bond motifs is 2. The first-order valence-corrected chi connectivity index (χ1v) is 7.45. The molecule has 4 heteroatoms. The molecule has 0 aliphatic carbocycles. The molecule has 0 aliphatic rings. The van der Waals surface area contributed by atoms with Gasteiger partial charge in [-0.3, -0.25) is 9.78 Å². The highest BCUT2D eigenvalue weighted by molar-refractivity contribution is 6.22. The molecule has 0 spiro atoms. The normalized spacial score (nSPS) is 11.0. The number of halogens is 1. The molecule has 0 atom stereocenters. The van der Waals surface area contributed by atoms with E-state index in [0.29, 0.717) is 16.3 Å². The number of carbonyl (C=O) groups excluding carboxylic acids is 1. The van der Waals surface area contributed by atoms with Crippen LogP contribution in [-0.2, 0) is 0 Å². The molecule has 0 saturated heterocycles. The van der Waals surface area contributed by atoms with Crippen LogP contribution in [0, 0.1) is 5.82 Å². The first kappa shape index (κ1) is 14.3. The fourth-order valence-corrected chi connectivity index (χ4v) is 2.96. The number of ketones is 1. The molecule has 24 heavy (non-hydrogen) atoms. The lowest BCUT2D eigenvalue weighted by Gasteiger charge is -2.10. The van der Waals surface area contributed by atoms with Crippen LogP contribution >= 0.6 is 0 Å². The average molecular weight is 317 g/mol. The second-order valence-corrected chi connectivity index (χ2v) is 5.54. The molecule has 0 radical (unpaired) electrons. The van der Waals surface area contributed by atoms with Gasteiger partial charge in [-0.1, -0.05) is 36.4 Å². The standard InChI is InChI=1S/C20H12FNO2/c21-14-10-13-5-3-9-22-19(13)16(11-14)20(24)18-15-6-2-1-4-12(15)7-8-17(18)23/h1-11,23H. The van der Waals surface area contributed by atoms with Crippen LogP contribution in [0.25, 0.3) is 21.7 Å². The summed E-state index contributed by atoms with van der Waals surface area (Å²) in [7, 11) is 0. The molecule has 1 aromatic heterocycles. The number of phenols is 1. The lowest BCUT2D eigenvalue weighted by atomic mass is 9.95. The van der Waals surface area contributed by atoms with Gasteiger partial charge in [0.1, 0.15) is 11.6 Å². The molecule has 116 valence electrons. The third-order valence-corrected chi connectivity index (χ3v) is 4.05. The molecule has 1 heterocycles. The minimum Gasteiger partial charge on any atom is -0.507 e. The quantitative estimate of drug-likeness (QED) is 0.555. The highest BCUT2D eigenvalue weighted by atomic mass is 19.1. The molecule has 0 saturated carbocycles. The highest BCUT2D eigenvalue weighted by Gasteiger charge is 2.20. The van der Waals surface area contributed by atoms with E-state index in [-0.39, 0.29) is 16.9 Å². The van der Waals surface area contributed by atoms with Crippen molar-refractivity contribution in [3.63, 3.8) is 0 Å². The molecular weight excluding hydrogens is 305 g/mol. The maximum Gasteiger partial charge on any atom is 0.199 e. The average Bonchev–Trinajstić information content (AvgIpc) is 2.60. The van der Waals surface area contributed by atoms with Gasteiger partial charge in [0, 0.05) is 11.6 Å². The Hall–Kier alpha value is -3.27. The molecule has 0 aliphatic heterocycles. The van der Waals surface area contributed by atoms with Gasteiger partial charge in [0.05, 0.1) is 16.6 Å². The zero-order valence-electron chi connectivity index (χ0n) is 12.5. The van der Waals surface area contributed by atoms with E-state index in [1.165, 1.54) is 18.2 Å². The predicted molar refractivity (Wildman–Crippen MR) is 90.7 cm³/mol. The summed E-state index contributed by atoms with van der Waals surface area (Å²) < 4.78 is 13.9. The zero-order chi connectivity index (χ0) is 16.7. The third kappa shape index (κ3) is 2.20. The van der Waals surface area contributed by atoms with E-state index in [1.54, 1.807) is 36.5 Å². The SMILES string of the molecule is O=C(c1c(O)ccc2ccccc12)c1cc(F)cc2cccnc12. The second kappa shape index (κ2) is 5.42. The molecule has 4 aromatic rings. The Kier molecular flexibility index (Phi) is 3.24. The summed E-state index contributed by atoms with van der Waals surface area (Å²) >= 11 is 0. The van der Waals surface area contributed by atoms with Crippen molar-refractivity contribution in [2.45, 2.75) is 0 Å². The van der Waals surface area contributed by atoms with E-state index in [4.69, 9.17) is 0 Å². The molecule has 0 amide bonds. The summed E-state index contributed by atoms with van der Waals surface area (Å²) in [6, 6.07) is 16.4. The topological polar surface area (TPSA) is 50.2 Å². The number of hydrogen-bond donors (Lipinski definition) is 1. The number of aromatic nitrogens is 1. The number of hydrogen-bond acceptors (Lipinski definition) is 3. The Morgan fingerprint density at radius 3 is 2.62 bits per heavy atom. The van der Waals surface area contributed by atoms with Gasteiger partial charge < -0.3 is 5.11 Å². The molecule has 3 nitrogen and oxygen atoms in total. The van der Waals surface area contributed by atoms with Crippen molar-refractivity contribution in [2.75, 3.05) is 0 Å². The number of pyridine rings is 1. The van der Waals surface area contributed by atoms with Crippen LogP contribution in [0.5, 0.6) is 5.75 Å². The smallest absolute Gasteiger partial charge is 0.199 e. The molecule has 0 fully saturated rings. The van der Waals surface area contributed by atoms with Crippen molar-refractivity contribution in [2.24, 2.45) is 0 Å². The van der Waals surface area contributed by atoms with Gasteiger partial charge in [0.25, 0.3) is 0 Å². The Bertz CT molecular complexity index is 1110. The Morgan fingerprint density at radius 2 is 1.75 bits per heavy atom. The van der Waals surface area contributed by atoms with Crippen LogP contribution in [0.1, 0.15) is 15.9 Å². The fourth-order valence-electron chi connectivity index (χ4n) is 2.96. The van der Waals surface area contributed by atoms with Gasteiger partial charge in [0.2, 0.25) is 0 Å². The van der Waals surface area contributed by atoms with Crippen molar-refractivity contribution < 1.29 is 14.3 Å². The number of rotatable bonds is 2. The molecule has 4 rings (SSSR count). The van der Waals surface area contributed by atoms with Crippen molar-refractivity contribution in [1.29, 1.82) is 0 Å². The molecule has 3 aromatic carbocycles. The van der Waals surface area contributed by atoms with Crippen LogP contribution in [0.3, 0.4) is 0 Å². The number of carbonyl (C=O) groups is 1. The van der Waals surface area contributed by atoms with Gasteiger partial charge in [0.15, 0.2) is 5.78 Å². The molecule has 1 N–H and O–H groups in total. The number of aromatic hydroxyl groups is 1. The van der Waals surface area contributed by atoms with E-state index < -0.39 is 11.6 Å². The van der Waals surface area contributed by atoms with Crippen LogP contribution in [-0.4, -0.2) is 15.9 Å².